The molecule has 0 unspecified atom stereocenters. The van der Waals surface area contributed by atoms with Gasteiger partial charge in [0.15, 0.2) is 0 Å². The van der Waals surface area contributed by atoms with Crippen LogP contribution in [0.3, 0.4) is 0 Å². The van der Waals surface area contributed by atoms with Gasteiger partial charge < -0.3 is 4.74 Å². The van der Waals surface area contributed by atoms with Crippen LogP contribution in [0.1, 0.15) is 5.56 Å². The van der Waals surface area contributed by atoms with Crippen LogP contribution in [0.25, 0.3) is 0 Å². The van der Waals surface area contributed by atoms with Gasteiger partial charge in [-0.1, -0.05) is 28.1 Å². The van der Waals surface area contributed by atoms with Crippen molar-refractivity contribution in [2.75, 3.05) is 17.3 Å². The maximum atomic E-state index is 11.1. The number of hydrogen-bond donors (Lipinski definition) is 1. The summed E-state index contributed by atoms with van der Waals surface area (Å²) in [5.74, 6) is 0. The maximum absolute atomic E-state index is 11.1. The van der Waals surface area contributed by atoms with Crippen LogP contribution in [-0.4, -0.2) is 18.0 Å². The Balaban J connectivity index is 2.47. The van der Waals surface area contributed by atoms with Crippen LogP contribution in [0.5, 0.6) is 0 Å². The van der Waals surface area contributed by atoms with Crippen LogP contribution < -0.4 is 5.32 Å². The van der Waals surface area contributed by atoms with Crippen LogP contribution in [0.2, 0.25) is 0 Å². The number of halogens is 1. The Morgan fingerprint density at radius 1 is 1.57 bits per heavy atom. The number of alkyl halides is 1. The van der Waals surface area contributed by atoms with Gasteiger partial charge in [-0.15, -0.1) is 0 Å². The highest BCUT2D eigenvalue weighted by molar-refractivity contribution is 9.09. The molecule has 3 nitrogen and oxygen atoms in total. The van der Waals surface area contributed by atoms with Crippen LogP contribution >= 0.6 is 15.9 Å². The first-order valence-corrected chi connectivity index (χ1v) is 5.41. The van der Waals surface area contributed by atoms with E-state index < -0.39 is 6.09 Å². The molecule has 0 atom stereocenters. The van der Waals surface area contributed by atoms with E-state index in [0.29, 0.717) is 11.9 Å². The first-order chi connectivity index (χ1) is 6.72. The van der Waals surface area contributed by atoms with E-state index in [1.807, 2.05) is 31.2 Å². The first-order valence-electron chi connectivity index (χ1n) is 4.29. The van der Waals surface area contributed by atoms with E-state index in [1.165, 1.54) is 0 Å². The average Bonchev–Trinajstić information content (AvgIpc) is 2.15. The summed E-state index contributed by atoms with van der Waals surface area (Å²) in [6, 6.07) is 7.56. The van der Waals surface area contributed by atoms with Gasteiger partial charge in [0.2, 0.25) is 0 Å². The maximum Gasteiger partial charge on any atom is 0.411 e. The standard InChI is InChI=1S/C10H12BrNO2/c1-8-3-2-4-9(7-8)12-10(13)14-6-5-11/h2-4,7H,5-6H2,1H3,(H,12,13). The molecule has 0 bridgehead atoms. The number of ether oxygens (including phenoxy) is 1. The molecule has 0 aliphatic carbocycles. The second-order valence-electron chi connectivity index (χ2n) is 2.82. The molecular formula is C10H12BrNO2. The van der Waals surface area contributed by atoms with E-state index in [0.717, 1.165) is 11.3 Å². The summed E-state index contributed by atoms with van der Waals surface area (Å²) in [5, 5.41) is 3.28. The Hall–Kier alpha value is -1.03. The predicted molar refractivity (Wildman–Crippen MR) is 59.9 cm³/mol. The van der Waals surface area contributed by atoms with E-state index >= 15 is 0 Å². The van der Waals surface area contributed by atoms with Crippen molar-refractivity contribution < 1.29 is 9.53 Å². The summed E-state index contributed by atoms with van der Waals surface area (Å²) in [6.07, 6.45) is -0.421. The highest BCUT2D eigenvalue weighted by atomic mass is 79.9. The van der Waals surface area contributed by atoms with E-state index in [-0.39, 0.29) is 0 Å². The zero-order valence-corrected chi connectivity index (χ0v) is 9.50. The predicted octanol–water partition coefficient (Wildman–Crippen LogP) is 2.94. The van der Waals surface area contributed by atoms with Crippen molar-refractivity contribution in [3.8, 4) is 0 Å². The summed E-state index contributed by atoms with van der Waals surface area (Å²) in [4.78, 5) is 11.1. The van der Waals surface area contributed by atoms with E-state index in [1.54, 1.807) is 0 Å². The van der Waals surface area contributed by atoms with Crippen LogP contribution in [0.15, 0.2) is 24.3 Å². The first kappa shape index (κ1) is 11.0. The lowest BCUT2D eigenvalue weighted by atomic mass is 10.2. The van der Waals surface area contributed by atoms with Crippen molar-refractivity contribution in [2.45, 2.75) is 6.92 Å². The quantitative estimate of drug-likeness (QED) is 0.846. The lowest BCUT2D eigenvalue weighted by Gasteiger charge is -2.05. The SMILES string of the molecule is Cc1cccc(NC(=O)OCCBr)c1. The number of anilines is 1. The lowest BCUT2D eigenvalue weighted by molar-refractivity contribution is 0.169. The zero-order valence-electron chi connectivity index (χ0n) is 7.92. The Bertz CT molecular complexity index is 315. The third-order valence-corrected chi connectivity index (χ3v) is 1.90. The highest BCUT2D eigenvalue weighted by Crippen LogP contribution is 2.09. The molecule has 14 heavy (non-hydrogen) atoms. The Morgan fingerprint density at radius 2 is 2.36 bits per heavy atom. The fraction of sp³-hybridized carbons (Fsp3) is 0.300. The molecule has 76 valence electrons. The summed E-state index contributed by atoms with van der Waals surface area (Å²) in [7, 11) is 0. The molecule has 0 aromatic heterocycles. The number of carbonyl (C=O) groups is 1. The third kappa shape index (κ3) is 3.79. The van der Waals surface area contributed by atoms with Crippen LogP contribution in [0, 0.1) is 6.92 Å². The monoisotopic (exact) mass is 257 g/mol. The zero-order chi connectivity index (χ0) is 10.4. The van der Waals surface area contributed by atoms with Gasteiger partial charge in [0, 0.05) is 11.0 Å². The molecule has 0 saturated heterocycles. The Labute approximate surface area is 91.6 Å². The van der Waals surface area contributed by atoms with Gasteiger partial charge in [0.25, 0.3) is 0 Å². The molecule has 1 amide bonds. The normalized spacial score (nSPS) is 9.57. The summed E-state index contributed by atoms with van der Waals surface area (Å²) >= 11 is 3.17. The van der Waals surface area contributed by atoms with Crippen molar-refractivity contribution in [2.24, 2.45) is 0 Å². The average molecular weight is 258 g/mol. The molecule has 0 spiro atoms. The van der Waals surface area contributed by atoms with E-state index in [9.17, 15) is 4.79 Å². The molecule has 0 aliphatic rings. The molecule has 1 aromatic carbocycles. The smallest absolute Gasteiger partial charge is 0.411 e. The molecule has 1 N–H and O–H groups in total. The van der Waals surface area contributed by atoms with Crippen LogP contribution in [0.4, 0.5) is 10.5 Å². The molecule has 1 rings (SSSR count). The van der Waals surface area contributed by atoms with Crippen molar-refractivity contribution >= 4 is 27.7 Å². The highest BCUT2D eigenvalue weighted by Gasteiger charge is 2.01. The van der Waals surface area contributed by atoms with Crippen molar-refractivity contribution in [1.82, 2.24) is 0 Å². The van der Waals surface area contributed by atoms with Gasteiger partial charge in [-0.3, -0.25) is 5.32 Å². The number of benzene rings is 1. The summed E-state index contributed by atoms with van der Waals surface area (Å²) in [5.41, 5.74) is 1.85. The molecule has 0 fully saturated rings. The molecule has 0 radical (unpaired) electrons. The van der Waals surface area contributed by atoms with Gasteiger partial charge >= 0.3 is 6.09 Å². The molecule has 0 saturated carbocycles. The molecule has 1 aromatic rings. The van der Waals surface area contributed by atoms with E-state index in [4.69, 9.17) is 4.74 Å². The Kier molecular flexibility index (Phi) is 4.46. The molecular weight excluding hydrogens is 246 g/mol. The summed E-state index contributed by atoms with van der Waals surface area (Å²) < 4.78 is 4.84. The minimum atomic E-state index is -0.421. The van der Waals surface area contributed by atoms with Gasteiger partial charge in [-0.05, 0) is 24.6 Å². The number of rotatable bonds is 3. The number of aryl methyl sites for hydroxylation is 1. The fourth-order valence-electron chi connectivity index (χ4n) is 1.01. The van der Waals surface area contributed by atoms with Gasteiger partial charge in [0.1, 0.15) is 6.61 Å². The minimum Gasteiger partial charge on any atom is -0.448 e. The number of nitrogens with one attached hydrogen (secondary N) is 1. The van der Waals surface area contributed by atoms with E-state index in [2.05, 4.69) is 21.2 Å². The number of carbonyl (C=O) groups excluding carboxylic acids is 1. The number of hydrogen-bond acceptors (Lipinski definition) is 2. The molecule has 0 aliphatic heterocycles. The largest absolute Gasteiger partial charge is 0.448 e. The van der Waals surface area contributed by atoms with Crippen molar-refractivity contribution in [3.63, 3.8) is 0 Å². The minimum absolute atomic E-state index is 0.373. The van der Waals surface area contributed by atoms with Crippen molar-refractivity contribution in [1.29, 1.82) is 0 Å². The second-order valence-corrected chi connectivity index (χ2v) is 3.61. The van der Waals surface area contributed by atoms with Crippen molar-refractivity contribution in [3.05, 3.63) is 29.8 Å². The van der Waals surface area contributed by atoms with Gasteiger partial charge in [-0.25, -0.2) is 4.79 Å². The fourth-order valence-corrected chi connectivity index (χ4v) is 1.17. The molecule has 4 heteroatoms. The topological polar surface area (TPSA) is 38.3 Å². The lowest BCUT2D eigenvalue weighted by Crippen LogP contribution is -2.14. The van der Waals surface area contributed by atoms with Gasteiger partial charge in [0.05, 0.1) is 0 Å². The third-order valence-electron chi connectivity index (χ3n) is 1.57. The Morgan fingerprint density at radius 3 is 3.00 bits per heavy atom. The molecule has 0 heterocycles. The van der Waals surface area contributed by atoms with Gasteiger partial charge in [-0.2, -0.15) is 0 Å². The second kappa shape index (κ2) is 5.65. The number of amides is 1. The van der Waals surface area contributed by atoms with Crippen LogP contribution in [-0.2, 0) is 4.74 Å². The summed E-state index contributed by atoms with van der Waals surface area (Å²) in [6.45, 7) is 2.34.